The Hall–Kier alpha value is -1.69. The number of halogens is 2. The molecule has 0 spiro atoms. The van der Waals surface area contributed by atoms with Gasteiger partial charge in [0.15, 0.2) is 0 Å². The summed E-state index contributed by atoms with van der Waals surface area (Å²) in [6, 6.07) is 2.05. The van der Waals surface area contributed by atoms with Crippen LogP contribution in [0.3, 0.4) is 0 Å². The molecule has 0 aromatic heterocycles. The zero-order valence-electron chi connectivity index (χ0n) is 11.4. The maximum Gasteiger partial charge on any atom is 0.251 e. The Bertz CT molecular complexity index is 427. The van der Waals surface area contributed by atoms with Crippen molar-refractivity contribution in [2.24, 2.45) is 0 Å². The van der Waals surface area contributed by atoms with Crippen LogP contribution in [0.5, 0.6) is 0 Å². The molecule has 0 bridgehead atoms. The molecule has 19 heavy (non-hydrogen) atoms. The van der Waals surface area contributed by atoms with Crippen molar-refractivity contribution in [3.05, 3.63) is 29.3 Å². The molecule has 1 rings (SSSR count). The second-order valence-electron chi connectivity index (χ2n) is 4.48. The van der Waals surface area contributed by atoms with Crippen molar-refractivity contribution in [1.82, 2.24) is 10.2 Å². The Kier molecular flexibility index (Phi) is 5.69. The van der Waals surface area contributed by atoms with Crippen LogP contribution in [-0.4, -0.2) is 45.0 Å². The summed E-state index contributed by atoms with van der Waals surface area (Å²) in [4.78, 5) is 13.7. The van der Waals surface area contributed by atoms with Crippen LogP contribution in [0, 0.1) is 11.6 Å². The summed E-state index contributed by atoms with van der Waals surface area (Å²) in [6.07, 6.45) is 0.776. The lowest BCUT2D eigenvalue weighted by atomic mass is 10.1. The predicted molar refractivity (Wildman–Crippen MR) is 71.4 cm³/mol. The summed E-state index contributed by atoms with van der Waals surface area (Å²) in [5.41, 5.74) is -0.247. The van der Waals surface area contributed by atoms with Gasteiger partial charge in [0.1, 0.15) is 17.3 Å². The molecular weight excluding hydrogens is 252 g/mol. The van der Waals surface area contributed by atoms with Gasteiger partial charge >= 0.3 is 0 Å². The highest BCUT2D eigenvalue weighted by atomic mass is 19.1. The molecule has 0 aliphatic heterocycles. The normalized spacial score (nSPS) is 10.6. The molecule has 0 aliphatic carbocycles. The average molecular weight is 271 g/mol. The highest BCUT2D eigenvalue weighted by Gasteiger charge is 2.13. The van der Waals surface area contributed by atoms with Crippen molar-refractivity contribution in [2.45, 2.75) is 6.42 Å². The number of hydrogen-bond acceptors (Lipinski definition) is 3. The molecule has 1 aromatic carbocycles. The van der Waals surface area contributed by atoms with Crippen LogP contribution in [0.1, 0.15) is 16.8 Å². The minimum absolute atomic E-state index is 0.0150. The Morgan fingerprint density at radius 3 is 2.32 bits per heavy atom. The monoisotopic (exact) mass is 271 g/mol. The molecule has 6 heteroatoms. The van der Waals surface area contributed by atoms with E-state index >= 15 is 0 Å². The summed E-state index contributed by atoms with van der Waals surface area (Å²) >= 11 is 0. The number of nitrogens with one attached hydrogen (secondary N) is 2. The number of rotatable bonds is 6. The number of carbonyl (C=O) groups is 1. The Balaban J connectivity index is 2.63. The van der Waals surface area contributed by atoms with E-state index in [0.717, 1.165) is 25.1 Å². The van der Waals surface area contributed by atoms with E-state index in [4.69, 9.17) is 0 Å². The molecule has 1 amide bonds. The number of hydrogen-bond donors (Lipinski definition) is 2. The first-order valence-electron chi connectivity index (χ1n) is 6.05. The molecule has 0 heterocycles. The summed E-state index contributed by atoms with van der Waals surface area (Å²) in [5.74, 6) is -2.03. The van der Waals surface area contributed by atoms with Crippen molar-refractivity contribution in [1.29, 1.82) is 0 Å². The molecule has 106 valence electrons. The molecule has 1 aromatic rings. The van der Waals surface area contributed by atoms with E-state index in [9.17, 15) is 13.6 Å². The first-order chi connectivity index (χ1) is 8.95. The van der Waals surface area contributed by atoms with Crippen molar-refractivity contribution < 1.29 is 13.6 Å². The quantitative estimate of drug-likeness (QED) is 0.774. The fraction of sp³-hybridized carbons (Fsp3) is 0.462. The summed E-state index contributed by atoms with van der Waals surface area (Å²) in [5, 5.41) is 5.03. The number of anilines is 1. The van der Waals surface area contributed by atoms with Crippen molar-refractivity contribution in [3.8, 4) is 0 Å². The molecule has 0 atom stereocenters. The molecule has 0 aliphatic rings. The van der Waals surface area contributed by atoms with E-state index in [1.54, 1.807) is 0 Å². The first kappa shape index (κ1) is 15.4. The average Bonchev–Trinajstić information content (AvgIpc) is 2.33. The number of carbonyl (C=O) groups excluding carboxylic acids is 1. The largest absolute Gasteiger partial charge is 0.383 e. The fourth-order valence-electron chi connectivity index (χ4n) is 1.64. The second-order valence-corrected chi connectivity index (χ2v) is 4.48. The van der Waals surface area contributed by atoms with Crippen molar-refractivity contribution in [2.75, 3.05) is 39.5 Å². The molecule has 0 fully saturated rings. The van der Waals surface area contributed by atoms with Crippen molar-refractivity contribution >= 4 is 11.6 Å². The smallest absolute Gasteiger partial charge is 0.251 e. The third kappa shape index (κ3) is 4.48. The van der Waals surface area contributed by atoms with Gasteiger partial charge in [0.05, 0.1) is 0 Å². The fourth-order valence-corrected chi connectivity index (χ4v) is 1.64. The zero-order valence-corrected chi connectivity index (χ0v) is 11.4. The number of benzene rings is 1. The van der Waals surface area contributed by atoms with Gasteiger partial charge in [-0.1, -0.05) is 0 Å². The van der Waals surface area contributed by atoms with E-state index in [1.165, 1.54) is 7.05 Å². The van der Waals surface area contributed by atoms with E-state index in [0.29, 0.717) is 6.54 Å². The van der Waals surface area contributed by atoms with Gasteiger partial charge in [0.2, 0.25) is 0 Å². The van der Waals surface area contributed by atoms with Crippen LogP contribution < -0.4 is 10.6 Å². The molecule has 0 saturated carbocycles. The molecular formula is C13H19F2N3O. The molecule has 0 unspecified atom stereocenters. The van der Waals surface area contributed by atoms with Gasteiger partial charge in [-0.25, -0.2) is 8.78 Å². The highest BCUT2D eigenvalue weighted by molar-refractivity contribution is 5.94. The van der Waals surface area contributed by atoms with E-state index in [2.05, 4.69) is 10.6 Å². The van der Waals surface area contributed by atoms with Crippen LogP contribution in [0.15, 0.2) is 12.1 Å². The predicted octanol–water partition coefficient (Wildman–Crippen LogP) is 1.69. The first-order valence-corrected chi connectivity index (χ1v) is 6.05. The summed E-state index contributed by atoms with van der Waals surface area (Å²) in [7, 11) is 5.29. The highest BCUT2D eigenvalue weighted by Crippen LogP contribution is 2.20. The molecule has 0 radical (unpaired) electrons. The van der Waals surface area contributed by atoms with Crippen LogP contribution in [-0.2, 0) is 0 Å². The SMILES string of the molecule is CNc1c(F)cc(C(=O)NCCCN(C)C)cc1F. The lowest BCUT2D eigenvalue weighted by Gasteiger charge is -2.11. The molecule has 2 N–H and O–H groups in total. The lowest BCUT2D eigenvalue weighted by molar-refractivity contribution is 0.0951. The standard InChI is InChI=1S/C13H19F2N3O/c1-16-12-10(14)7-9(8-11(12)15)13(19)17-5-4-6-18(2)3/h7-8,16H,4-6H2,1-3H3,(H,17,19). The van der Waals surface area contributed by atoms with Gasteiger partial charge in [0, 0.05) is 19.2 Å². The minimum atomic E-state index is -0.777. The third-order valence-corrected chi connectivity index (χ3v) is 2.62. The summed E-state index contributed by atoms with van der Waals surface area (Å²) < 4.78 is 27.0. The minimum Gasteiger partial charge on any atom is -0.383 e. The van der Waals surface area contributed by atoms with Crippen LogP contribution in [0.4, 0.5) is 14.5 Å². The van der Waals surface area contributed by atoms with Gasteiger partial charge in [0.25, 0.3) is 5.91 Å². The van der Waals surface area contributed by atoms with E-state index in [-0.39, 0.29) is 11.3 Å². The van der Waals surface area contributed by atoms with Crippen LogP contribution >= 0.6 is 0 Å². The molecule has 4 nitrogen and oxygen atoms in total. The summed E-state index contributed by atoms with van der Waals surface area (Å²) in [6.45, 7) is 1.30. The van der Waals surface area contributed by atoms with Crippen LogP contribution in [0.2, 0.25) is 0 Å². The van der Waals surface area contributed by atoms with E-state index < -0.39 is 17.5 Å². The number of nitrogens with zero attached hydrogens (tertiary/aromatic N) is 1. The Morgan fingerprint density at radius 1 is 1.26 bits per heavy atom. The topological polar surface area (TPSA) is 44.4 Å². The maximum absolute atomic E-state index is 13.5. The van der Waals surface area contributed by atoms with Gasteiger partial charge in [-0.15, -0.1) is 0 Å². The van der Waals surface area contributed by atoms with E-state index in [1.807, 2.05) is 19.0 Å². The molecule has 0 saturated heterocycles. The number of amides is 1. The maximum atomic E-state index is 13.5. The van der Waals surface area contributed by atoms with Gasteiger partial charge in [-0.05, 0) is 39.2 Å². The second kappa shape index (κ2) is 7.04. The van der Waals surface area contributed by atoms with Gasteiger partial charge < -0.3 is 15.5 Å². The third-order valence-electron chi connectivity index (χ3n) is 2.62. The Morgan fingerprint density at radius 2 is 1.84 bits per heavy atom. The van der Waals surface area contributed by atoms with Gasteiger partial charge in [-0.2, -0.15) is 0 Å². The Labute approximate surface area is 111 Å². The lowest BCUT2D eigenvalue weighted by Crippen LogP contribution is -2.27. The van der Waals surface area contributed by atoms with Crippen LogP contribution in [0.25, 0.3) is 0 Å². The van der Waals surface area contributed by atoms with Gasteiger partial charge in [-0.3, -0.25) is 4.79 Å². The van der Waals surface area contributed by atoms with Crippen molar-refractivity contribution in [3.63, 3.8) is 0 Å². The zero-order chi connectivity index (χ0) is 14.4.